The van der Waals surface area contributed by atoms with Crippen molar-refractivity contribution in [3.63, 3.8) is 0 Å². The molecule has 1 aliphatic carbocycles. The maximum atomic E-state index is 11.6. The lowest BCUT2D eigenvalue weighted by atomic mass is 10.3. The number of aromatic nitrogens is 1. The summed E-state index contributed by atoms with van der Waals surface area (Å²) in [5.41, 5.74) is 0.103. The largest absolute Gasteiger partial charge is 0.505 e. The number of amides is 1. The highest BCUT2D eigenvalue weighted by Crippen LogP contribution is 2.36. The van der Waals surface area contributed by atoms with Gasteiger partial charge in [-0.15, -0.1) is 0 Å². The summed E-state index contributed by atoms with van der Waals surface area (Å²) in [6, 6.07) is 3.05. The van der Waals surface area contributed by atoms with E-state index in [1.54, 1.807) is 6.07 Å². The van der Waals surface area contributed by atoms with E-state index in [0.717, 1.165) is 0 Å². The molecule has 4 nitrogen and oxygen atoms in total. The monoisotopic (exact) mass is 206 g/mol. The number of rotatable bonds is 3. The van der Waals surface area contributed by atoms with Gasteiger partial charge in [-0.1, -0.05) is 6.92 Å². The van der Waals surface area contributed by atoms with E-state index in [-0.39, 0.29) is 17.4 Å². The first-order valence-corrected chi connectivity index (χ1v) is 5.10. The number of nitrogens with one attached hydrogen (secondary N) is 1. The highest BCUT2D eigenvalue weighted by Gasteiger charge is 2.32. The van der Waals surface area contributed by atoms with Gasteiger partial charge in [-0.3, -0.25) is 4.79 Å². The predicted molar refractivity (Wildman–Crippen MR) is 55.5 cm³/mol. The molecule has 0 saturated heterocycles. The van der Waals surface area contributed by atoms with Crippen molar-refractivity contribution < 1.29 is 9.90 Å². The maximum Gasteiger partial charge on any atom is 0.273 e. The zero-order chi connectivity index (χ0) is 10.8. The normalized spacial score (nSPS) is 23.5. The lowest BCUT2D eigenvalue weighted by molar-refractivity contribution is 0.0943. The summed E-state index contributed by atoms with van der Waals surface area (Å²) < 4.78 is 0. The molecule has 0 bridgehead atoms. The van der Waals surface area contributed by atoms with Gasteiger partial charge < -0.3 is 10.4 Å². The second kappa shape index (κ2) is 3.88. The molecule has 1 heterocycles. The van der Waals surface area contributed by atoms with E-state index in [1.165, 1.54) is 18.7 Å². The fourth-order valence-electron chi connectivity index (χ4n) is 1.56. The number of nitrogens with zero attached hydrogens (tertiary/aromatic N) is 1. The van der Waals surface area contributed by atoms with Crippen LogP contribution in [0.1, 0.15) is 23.8 Å². The number of hydrogen-bond donors (Lipinski definition) is 2. The first kappa shape index (κ1) is 9.96. The lowest BCUT2D eigenvalue weighted by Crippen LogP contribution is -2.26. The molecule has 1 aromatic heterocycles. The molecule has 15 heavy (non-hydrogen) atoms. The Bertz CT molecular complexity index is 379. The van der Waals surface area contributed by atoms with E-state index in [9.17, 15) is 9.90 Å². The lowest BCUT2D eigenvalue weighted by Gasteiger charge is -2.04. The minimum atomic E-state index is -0.299. The topological polar surface area (TPSA) is 62.2 Å². The summed E-state index contributed by atoms with van der Waals surface area (Å²) in [6.45, 7) is 2.84. The van der Waals surface area contributed by atoms with Crippen LogP contribution in [0.4, 0.5) is 0 Å². The summed E-state index contributed by atoms with van der Waals surface area (Å²) >= 11 is 0. The van der Waals surface area contributed by atoms with Crippen molar-refractivity contribution in [1.29, 1.82) is 0 Å². The molecule has 1 fully saturated rings. The van der Waals surface area contributed by atoms with Crippen molar-refractivity contribution in [2.75, 3.05) is 6.54 Å². The first-order valence-electron chi connectivity index (χ1n) is 5.10. The molecule has 0 spiro atoms. The van der Waals surface area contributed by atoms with E-state index in [4.69, 9.17) is 0 Å². The number of pyridine rings is 1. The fourth-order valence-corrected chi connectivity index (χ4v) is 1.56. The molecule has 0 aliphatic heterocycles. The van der Waals surface area contributed by atoms with Gasteiger partial charge in [0, 0.05) is 12.7 Å². The molecule has 4 heteroatoms. The van der Waals surface area contributed by atoms with Crippen molar-refractivity contribution in [1.82, 2.24) is 10.3 Å². The maximum absolute atomic E-state index is 11.6. The van der Waals surface area contributed by atoms with Gasteiger partial charge in [0.05, 0.1) is 0 Å². The van der Waals surface area contributed by atoms with Gasteiger partial charge in [0.1, 0.15) is 5.75 Å². The van der Waals surface area contributed by atoms with Crippen LogP contribution in [0.3, 0.4) is 0 Å². The summed E-state index contributed by atoms with van der Waals surface area (Å²) in [5, 5.41) is 12.2. The molecular weight excluding hydrogens is 192 g/mol. The molecule has 1 amide bonds. The van der Waals surface area contributed by atoms with Crippen molar-refractivity contribution >= 4 is 5.91 Å². The third-order valence-corrected chi connectivity index (χ3v) is 2.80. The van der Waals surface area contributed by atoms with Gasteiger partial charge >= 0.3 is 0 Å². The molecule has 1 aromatic rings. The Morgan fingerprint density at radius 2 is 2.47 bits per heavy atom. The standard InChI is InChI=1S/C11H14N2O2/c1-7-5-8(7)6-13-11(15)10-9(14)3-2-4-12-10/h2-4,7-8,14H,5-6H2,1H3,(H,13,15). The minimum absolute atomic E-state index is 0.0705. The van der Waals surface area contributed by atoms with Crippen LogP contribution in [0, 0.1) is 11.8 Å². The van der Waals surface area contributed by atoms with Gasteiger partial charge in [0.2, 0.25) is 0 Å². The van der Waals surface area contributed by atoms with Crippen LogP contribution in [-0.2, 0) is 0 Å². The molecule has 2 atom stereocenters. The van der Waals surface area contributed by atoms with E-state index in [0.29, 0.717) is 18.4 Å². The summed E-state index contributed by atoms with van der Waals surface area (Å²) in [4.78, 5) is 15.4. The van der Waals surface area contributed by atoms with Crippen LogP contribution in [0.2, 0.25) is 0 Å². The smallest absolute Gasteiger partial charge is 0.273 e. The van der Waals surface area contributed by atoms with Crippen LogP contribution in [0.15, 0.2) is 18.3 Å². The summed E-state index contributed by atoms with van der Waals surface area (Å²) in [7, 11) is 0. The van der Waals surface area contributed by atoms with Crippen LogP contribution in [0.5, 0.6) is 5.75 Å². The quantitative estimate of drug-likeness (QED) is 0.780. The third kappa shape index (κ3) is 2.26. The molecule has 2 N–H and O–H groups in total. The molecule has 80 valence electrons. The highest BCUT2D eigenvalue weighted by molar-refractivity contribution is 5.94. The molecule has 2 rings (SSSR count). The number of hydrogen-bond acceptors (Lipinski definition) is 3. The van der Waals surface area contributed by atoms with E-state index in [1.807, 2.05) is 0 Å². The Morgan fingerprint density at radius 3 is 3.07 bits per heavy atom. The SMILES string of the molecule is CC1CC1CNC(=O)c1ncccc1O. The van der Waals surface area contributed by atoms with E-state index < -0.39 is 0 Å². The Labute approximate surface area is 88.3 Å². The average Bonchev–Trinajstić information content (AvgIpc) is 2.92. The van der Waals surface area contributed by atoms with Crippen molar-refractivity contribution in [3.05, 3.63) is 24.0 Å². The second-order valence-electron chi connectivity index (χ2n) is 4.05. The van der Waals surface area contributed by atoms with Crippen molar-refractivity contribution in [3.8, 4) is 5.75 Å². The summed E-state index contributed by atoms with van der Waals surface area (Å²) in [6.07, 6.45) is 2.67. The van der Waals surface area contributed by atoms with E-state index >= 15 is 0 Å². The zero-order valence-corrected chi connectivity index (χ0v) is 8.60. The Balaban J connectivity index is 1.93. The number of carbonyl (C=O) groups excluding carboxylic acids is 1. The van der Waals surface area contributed by atoms with Gasteiger partial charge in [-0.05, 0) is 30.4 Å². The molecule has 1 aliphatic rings. The third-order valence-electron chi connectivity index (χ3n) is 2.80. The molecule has 1 saturated carbocycles. The Morgan fingerprint density at radius 1 is 1.73 bits per heavy atom. The Hall–Kier alpha value is -1.58. The van der Waals surface area contributed by atoms with Gasteiger partial charge in [-0.2, -0.15) is 0 Å². The van der Waals surface area contributed by atoms with Gasteiger partial charge in [-0.25, -0.2) is 4.98 Å². The van der Waals surface area contributed by atoms with Crippen LogP contribution < -0.4 is 5.32 Å². The predicted octanol–water partition coefficient (Wildman–Crippen LogP) is 1.17. The number of carbonyl (C=O) groups is 1. The number of aromatic hydroxyl groups is 1. The van der Waals surface area contributed by atoms with Crippen LogP contribution >= 0.6 is 0 Å². The summed E-state index contributed by atoms with van der Waals surface area (Å²) in [5.74, 6) is 0.938. The van der Waals surface area contributed by atoms with Gasteiger partial charge in [0.15, 0.2) is 5.69 Å². The fraction of sp³-hybridized carbons (Fsp3) is 0.455. The van der Waals surface area contributed by atoms with Crippen LogP contribution in [0.25, 0.3) is 0 Å². The Kier molecular flexibility index (Phi) is 2.58. The highest BCUT2D eigenvalue weighted by atomic mass is 16.3. The zero-order valence-electron chi connectivity index (χ0n) is 8.60. The minimum Gasteiger partial charge on any atom is -0.505 e. The average molecular weight is 206 g/mol. The van der Waals surface area contributed by atoms with Crippen molar-refractivity contribution in [2.45, 2.75) is 13.3 Å². The van der Waals surface area contributed by atoms with Crippen LogP contribution in [-0.4, -0.2) is 22.5 Å². The second-order valence-corrected chi connectivity index (χ2v) is 4.05. The molecule has 0 aromatic carbocycles. The van der Waals surface area contributed by atoms with Crippen molar-refractivity contribution in [2.24, 2.45) is 11.8 Å². The van der Waals surface area contributed by atoms with Gasteiger partial charge in [0.25, 0.3) is 5.91 Å². The molecule has 2 unspecified atom stereocenters. The first-order chi connectivity index (χ1) is 7.18. The van der Waals surface area contributed by atoms with E-state index in [2.05, 4.69) is 17.2 Å². The molecule has 0 radical (unpaired) electrons. The molecular formula is C11H14N2O2.